The van der Waals surface area contributed by atoms with Gasteiger partial charge in [0.2, 0.25) is 0 Å². The van der Waals surface area contributed by atoms with E-state index >= 15 is 0 Å². The largest absolute Gasteiger partial charge is 0.492 e. The highest BCUT2D eigenvalue weighted by atomic mass is 16.6. The molecule has 2 aliphatic heterocycles. The fraction of sp³-hybridized carbons (Fsp3) is 0.273. The summed E-state index contributed by atoms with van der Waals surface area (Å²) >= 11 is 0. The summed E-state index contributed by atoms with van der Waals surface area (Å²) in [4.78, 5) is 16.9. The summed E-state index contributed by atoms with van der Waals surface area (Å²) < 4.78 is 5.55. The Balaban J connectivity index is 2.19. The molecular weight excluding hydrogens is 194 g/mol. The molecule has 4 heteroatoms. The minimum Gasteiger partial charge on any atom is -0.492 e. The van der Waals surface area contributed by atoms with Crippen molar-refractivity contribution in [1.29, 1.82) is 0 Å². The summed E-state index contributed by atoms with van der Waals surface area (Å²) in [5.41, 5.74) is 1.11. The molecule has 1 aromatic rings. The first-order chi connectivity index (χ1) is 7.36. The van der Waals surface area contributed by atoms with Gasteiger partial charge in [-0.15, -0.1) is 0 Å². The second kappa shape index (κ2) is 3.08. The molecule has 0 N–H and O–H groups in total. The van der Waals surface area contributed by atoms with Crippen molar-refractivity contribution in [2.45, 2.75) is 0 Å². The lowest BCUT2D eigenvalue weighted by molar-refractivity contribution is -0.121. The van der Waals surface area contributed by atoms with Crippen molar-refractivity contribution < 1.29 is 14.4 Å². The highest BCUT2D eigenvalue weighted by Gasteiger charge is 2.34. The standard InChI is InChI=1S/C11H9NO3/c13-11-7-5-14-9-4-2-1-3-8(9)10(11)12-15-6-7/h1-4,7H,5-6H2. The van der Waals surface area contributed by atoms with Gasteiger partial charge in [0.25, 0.3) is 0 Å². The molecule has 0 fully saturated rings. The molecule has 0 saturated heterocycles. The maximum atomic E-state index is 11.9. The number of rotatable bonds is 0. The van der Waals surface area contributed by atoms with Gasteiger partial charge in [0.15, 0.2) is 11.5 Å². The number of hydrogen-bond donors (Lipinski definition) is 0. The van der Waals surface area contributed by atoms with Crippen molar-refractivity contribution in [3.05, 3.63) is 29.8 Å². The Bertz CT molecular complexity index is 453. The molecule has 0 spiro atoms. The molecule has 2 bridgehead atoms. The first-order valence-electron chi connectivity index (χ1n) is 4.82. The van der Waals surface area contributed by atoms with E-state index in [0.717, 1.165) is 5.56 Å². The minimum atomic E-state index is -0.218. The van der Waals surface area contributed by atoms with Crippen LogP contribution in [0.25, 0.3) is 0 Å². The van der Waals surface area contributed by atoms with Gasteiger partial charge in [-0.3, -0.25) is 4.79 Å². The van der Waals surface area contributed by atoms with Gasteiger partial charge in [0.1, 0.15) is 19.0 Å². The summed E-state index contributed by atoms with van der Waals surface area (Å²) in [6.45, 7) is 0.686. The normalized spacial score (nSPS) is 23.1. The van der Waals surface area contributed by atoms with Crippen molar-refractivity contribution in [1.82, 2.24) is 0 Å². The average molecular weight is 203 g/mol. The van der Waals surface area contributed by atoms with Gasteiger partial charge in [0.05, 0.1) is 5.92 Å². The summed E-state index contributed by atoms with van der Waals surface area (Å²) in [5, 5.41) is 3.82. The smallest absolute Gasteiger partial charge is 0.195 e. The van der Waals surface area contributed by atoms with Crippen molar-refractivity contribution in [3.63, 3.8) is 0 Å². The van der Waals surface area contributed by atoms with Gasteiger partial charge in [-0.2, -0.15) is 0 Å². The van der Waals surface area contributed by atoms with Crippen molar-refractivity contribution in [2.24, 2.45) is 11.1 Å². The van der Waals surface area contributed by atoms with E-state index in [1.54, 1.807) is 0 Å². The Morgan fingerprint density at radius 2 is 2.13 bits per heavy atom. The fourth-order valence-electron chi connectivity index (χ4n) is 1.79. The lowest BCUT2D eigenvalue weighted by Crippen LogP contribution is -2.33. The third-order valence-electron chi connectivity index (χ3n) is 2.62. The highest BCUT2D eigenvalue weighted by Crippen LogP contribution is 2.26. The van der Waals surface area contributed by atoms with E-state index in [4.69, 9.17) is 9.57 Å². The van der Waals surface area contributed by atoms with Crippen LogP contribution in [0.15, 0.2) is 29.4 Å². The fourth-order valence-corrected chi connectivity index (χ4v) is 1.79. The van der Waals surface area contributed by atoms with Crippen molar-refractivity contribution >= 4 is 11.5 Å². The monoisotopic (exact) mass is 203 g/mol. The zero-order chi connectivity index (χ0) is 10.3. The molecule has 0 saturated carbocycles. The highest BCUT2D eigenvalue weighted by molar-refractivity contribution is 6.47. The van der Waals surface area contributed by atoms with Crippen LogP contribution in [0.5, 0.6) is 5.75 Å². The molecule has 2 heterocycles. The van der Waals surface area contributed by atoms with Crippen LogP contribution in [-0.2, 0) is 9.63 Å². The zero-order valence-corrected chi connectivity index (χ0v) is 7.97. The quantitative estimate of drug-likeness (QED) is 0.632. The van der Waals surface area contributed by atoms with Crippen LogP contribution in [0.3, 0.4) is 0 Å². The van der Waals surface area contributed by atoms with Crippen LogP contribution < -0.4 is 4.74 Å². The number of ether oxygens (including phenoxy) is 1. The average Bonchev–Trinajstić information content (AvgIpc) is 2.36. The topological polar surface area (TPSA) is 47.9 Å². The molecule has 1 atom stereocenters. The van der Waals surface area contributed by atoms with Gasteiger partial charge < -0.3 is 9.57 Å². The number of Topliss-reactive ketones (excluding diaryl/α,β-unsaturated/α-hetero) is 1. The first kappa shape index (κ1) is 8.47. The molecule has 0 radical (unpaired) electrons. The second-order valence-corrected chi connectivity index (χ2v) is 3.60. The minimum absolute atomic E-state index is 0.0196. The number of carbonyl (C=O) groups is 1. The molecule has 1 aromatic carbocycles. The molecule has 0 amide bonds. The van der Waals surface area contributed by atoms with Crippen molar-refractivity contribution in [2.75, 3.05) is 13.2 Å². The van der Waals surface area contributed by atoms with E-state index in [0.29, 0.717) is 24.7 Å². The summed E-state index contributed by atoms with van der Waals surface area (Å²) in [6, 6.07) is 7.39. The Morgan fingerprint density at radius 1 is 1.27 bits per heavy atom. The number of oxime groups is 1. The number of nitrogens with zero attached hydrogens (tertiary/aromatic N) is 1. The van der Waals surface area contributed by atoms with Crippen LogP contribution in [0.4, 0.5) is 0 Å². The lowest BCUT2D eigenvalue weighted by atomic mass is 9.97. The molecule has 76 valence electrons. The van der Waals surface area contributed by atoms with Gasteiger partial charge in [-0.05, 0) is 12.1 Å². The SMILES string of the molecule is O=C1C2=NOCC1COc1ccccc12. The van der Waals surface area contributed by atoms with Gasteiger partial charge in [0, 0.05) is 5.56 Å². The molecule has 3 rings (SSSR count). The Kier molecular flexibility index (Phi) is 1.74. The summed E-state index contributed by atoms with van der Waals surface area (Å²) in [7, 11) is 0. The number of carbonyl (C=O) groups excluding carboxylic acids is 1. The number of para-hydroxylation sites is 1. The summed E-state index contributed by atoms with van der Waals surface area (Å²) in [6.07, 6.45) is 0. The van der Waals surface area contributed by atoms with E-state index in [1.807, 2.05) is 24.3 Å². The molecular formula is C11H9NO3. The van der Waals surface area contributed by atoms with Gasteiger partial charge >= 0.3 is 0 Å². The van der Waals surface area contributed by atoms with Crippen LogP contribution in [-0.4, -0.2) is 24.7 Å². The predicted octanol–water partition coefficient (Wildman–Crippen LogP) is 0.999. The van der Waals surface area contributed by atoms with E-state index in [2.05, 4.69) is 5.16 Å². The Morgan fingerprint density at radius 3 is 3.07 bits per heavy atom. The Labute approximate surface area is 86.5 Å². The van der Waals surface area contributed by atoms with Crippen LogP contribution in [0.1, 0.15) is 5.56 Å². The first-order valence-corrected chi connectivity index (χ1v) is 4.82. The third kappa shape index (κ3) is 1.21. The van der Waals surface area contributed by atoms with Crippen molar-refractivity contribution in [3.8, 4) is 5.75 Å². The number of hydrogen-bond acceptors (Lipinski definition) is 4. The Hall–Kier alpha value is -1.84. The molecule has 4 nitrogen and oxygen atoms in total. The lowest BCUT2D eigenvalue weighted by Gasteiger charge is -2.15. The van der Waals surface area contributed by atoms with Crippen LogP contribution in [0.2, 0.25) is 0 Å². The number of benzene rings is 1. The second-order valence-electron chi connectivity index (χ2n) is 3.60. The number of fused-ring (bicyclic) bond motifs is 4. The van der Waals surface area contributed by atoms with Gasteiger partial charge in [-0.1, -0.05) is 17.3 Å². The molecule has 15 heavy (non-hydrogen) atoms. The van der Waals surface area contributed by atoms with Gasteiger partial charge in [-0.25, -0.2) is 0 Å². The van der Waals surface area contributed by atoms with E-state index in [9.17, 15) is 4.79 Å². The molecule has 2 aliphatic rings. The van der Waals surface area contributed by atoms with E-state index in [-0.39, 0.29) is 11.7 Å². The predicted molar refractivity (Wildman–Crippen MR) is 52.9 cm³/mol. The van der Waals surface area contributed by atoms with E-state index < -0.39 is 0 Å². The maximum absolute atomic E-state index is 11.9. The van der Waals surface area contributed by atoms with Crippen LogP contribution >= 0.6 is 0 Å². The van der Waals surface area contributed by atoms with E-state index in [1.165, 1.54) is 0 Å². The summed E-state index contributed by atoms with van der Waals surface area (Å²) in [5.74, 6) is 0.508. The zero-order valence-electron chi connectivity index (χ0n) is 7.97. The maximum Gasteiger partial charge on any atom is 0.195 e. The molecule has 1 unspecified atom stereocenters. The van der Waals surface area contributed by atoms with Crippen LogP contribution in [0, 0.1) is 5.92 Å². The third-order valence-corrected chi connectivity index (χ3v) is 2.62. The number of ketones is 1. The molecule has 0 aromatic heterocycles. The molecule has 0 aliphatic carbocycles.